The molecule has 0 radical (unpaired) electrons. The molecule has 3 unspecified atom stereocenters. The molecule has 2 aromatic carbocycles. The smallest absolute Gasteiger partial charge is 0.108 e. The van der Waals surface area contributed by atoms with Crippen LogP contribution in [0.1, 0.15) is 56.4 Å². The Morgan fingerprint density at radius 2 is 1.60 bits per heavy atom. The van der Waals surface area contributed by atoms with Crippen LogP contribution < -0.4 is 0 Å². The SMILES string of the molecule is Cc1ccc(C(OC2CC(C)N(C)C(C)(C)C2)c2ccccc2)cc1. The van der Waals surface area contributed by atoms with Gasteiger partial charge in [-0.05, 0) is 58.7 Å². The number of piperidine rings is 1. The third-order valence-electron chi connectivity index (χ3n) is 5.76. The van der Waals surface area contributed by atoms with Crippen LogP contribution >= 0.6 is 0 Å². The fourth-order valence-electron chi connectivity index (χ4n) is 3.93. The molecular formula is C23H31NO. The highest BCUT2D eigenvalue weighted by Gasteiger charge is 2.38. The van der Waals surface area contributed by atoms with E-state index in [1.807, 2.05) is 0 Å². The van der Waals surface area contributed by atoms with Crippen molar-refractivity contribution in [3.05, 3.63) is 71.3 Å². The molecule has 1 aliphatic heterocycles. The van der Waals surface area contributed by atoms with Crippen LogP contribution in [0, 0.1) is 6.92 Å². The lowest BCUT2D eigenvalue weighted by molar-refractivity contribution is -0.0784. The number of hydrogen-bond acceptors (Lipinski definition) is 2. The van der Waals surface area contributed by atoms with Crippen LogP contribution in [-0.2, 0) is 4.74 Å². The lowest BCUT2D eigenvalue weighted by Crippen LogP contribution is -2.54. The fraction of sp³-hybridized carbons (Fsp3) is 0.478. The minimum atomic E-state index is -0.00166. The van der Waals surface area contributed by atoms with E-state index < -0.39 is 0 Å². The normalized spacial score (nSPS) is 24.8. The van der Waals surface area contributed by atoms with E-state index in [1.54, 1.807) is 0 Å². The Labute approximate surface area is 152 Å². The second-order valence-corrected chi connectivity index (χ2v) is 8.17. The molecule has 25 heavy (non-hydrogen) atoms. The highest BCUT2D eigenvalue weighted by molar-refractivity contribution is 5.32. The summed E-state index contributed by atoms with van der Waals surface area (Å²) in [5.74, 6) is 0. The molecule has 0 saturated carbocycles. The lowest BCUT2D eigenvalue weighted by Gasteiger charge is -2.48. The maximum absolute atomic E-state index is 6.73. The Bertz CT molecular complexity index is 677. The fourth-order valence-corrected chi connectivity index (χ4v) is 3.93. The van der Waals surface area contributed by atoms with Crippen molar-refractivity contribution in [3.8, 4) is 0 Å². The molecule has 2 heteroatoms. The zero-order valence-electron chi connectivity index (χ0n) is 16.2. The zero-order chi connectivity index (χ0) is 18.0. The molecule has 0 N–H and O–H groups in total. The molecule has 1 fully saturated rings. The quantitative estimate of drug-likeness (QED) is 0.744. The Hall–Kier alpha value is -1.64. The van der Waals surface area contributed by atoms with Crippen molar-refractivity contribution >= 4 is 0 Å². The number of benzene rings is 2. The molecule has 3 atom stereocenters. The molecule has 0 aromatic heterocycles. The van der Waals surface area contributed by atoms with Crippen molar-refractivity contribution in [1.82, 2.24) is 4.90 Å². The van der Waals surface area contributed by atoms with Gasteiger partial charge in [-0.1, -0.05) is 60.2 Å². The first-order valence-electron chi connectivity index (χ1n) is 9.37. The summed E-state index contributed by atoms with van der Waals surface area (Å²) >= 11 is 0. The van der Waals surface area contributed by atoms with Gasteiger partial charge in [0.05, 0.1) is 6.10 Å². The zero-order valence-corrected chi connectivity index (χ0v) is 16.2. The predicted octanol–water partition coefficient (Wildman–Crippen LogP) is 5.36. The van der Waals surface area contributed by atoms with Crippen LogP contribution in [0.25, 0.3) is 0 Å². The van der Waals surface area contributed by atoms with E-state index in [0.29, 0.717) is 6.04 Å². The molecule has 3 rings (SSSR count). The van der Waals surface area contributed by atoms with Crippen molar-refractivity contribution < 1.29 is 4.74 Å². The van der Waals surface area contributed by atoms with Crippen LogP contribution in [0.15, 0.2) is 54.6 Å². The Kier molecular flexibility index (Phi) is 5.31. The molecule has 134 valence electrons. The molecule has 1 saturated heterocycles. The lowest BCUT2D eigenvalue weighted by atomic mass is 9.85. The van der Waals surface area contributed by atoms with Crippen molar-refractivity contribution in [2.24, 2.45) is 0 Å². The van der Waals surface area contributed by atoms with Gasteiger partial charge >= 0.3 is 0 Å². The van der Waals surface area contributed by atoms with Gasteiger partial charge in [0.1, 0.15) is 6.10 Å². The number of aryl methyl sites for hydroxylation is 1. The van der Waals surface area contributed by atoms with Gasteiger partial charge in [0, 0.05) is 11.6 Å². The number of likely N-dealkylation sites (tertiary alicyclic amines) is 1. The second kappa shape index (κ2) is 7.31. The van der Waals surface area contributed by atoms with E-state index >= 15 is 0 Å². The second-order valence-electron chi connectivity index (χ2n) is 8.17. The monoisotopic (exact) mass is 337 g/mol. The van der Waals surface area contributed by atoms with Crippen LogP contribution in [0.5, 0.6) is 0 Å². The van der Waals surface area contributed by atoms with E-state index in [0.717, 1.165) is 12.8 Å². The van der Waals surface area contributed by atoms with E-state index in [4.69, 9.17) is 4.74 Å². The van der Waals surface area contributed by atoms with Crippen molar-refractivity contribution in [1.29, 1.82) is 0 Å². The van der Waals surface area contributed by atoms with Gasteiger partial charge in [-0.25, -0.2) is 0 Å². The summed E-state index contributed by atoms with van der Waals surface area (Å²) in [7, 11) is 2.23. The standard InChI is InChI=1S/C23H31NO/c1-17-11-13-20(14-12-17)22(19-9-7-6-8-10-19)25-21-15-18(2)24(5)23(3,4)16-21/h6-14,18,21-22H,15-16H2,1-5H3. The van der Waals surface area contributed by atoms with Crippen molar-refractivity contribution in [3.63, 3.8) is 0 Å². The first-order chi connectivity index (χ1) is 11.9. The average Bonchev–Trinajstić information content (AvgIpc) is 2.59. The van der Waals surface area contributed by atoms with Crippen LogP contribution in [0.3, 0.4) is 0 Å². The van der Waals surface area contributed by atoms with Crippen LogP contribution in [-0.4, -0.2) is 29.6 Å². The van der Waals surface area contributed by atoms with Crippen molar-refractivity contribution in [2.75, 3.05) is 7.05 Å². The molecule has 1 heterocycles. The van der Waals surface area contributed by atoms with Gasteiger partial charge in [-0.3, -0.25) is 4.90 Å². The van der Waals surface area contributed by atoms with E-state index in [9.17, 15) is 0 Å². The van der Waals surface area contributed by atoms with E-state index in [-0.39, 0.29) is 17.7 Å². The van der Waals surface area contributed by atoms with Gasteiger partial charge in [-0.2, -0.15) is 0 Å². The highest BCUT2D eigenvalue weighted by Crippen LogP contribution is 2.36. The minimum absolute atomic E-state index is 0.00166. The third kappa shape index (κ3) is 4.13. The molecule has 0 spiro atoms. The van der Waals surface area contributed by atoms with Gasteiger partial charge in [-0.15, -0.1) is 0 Å². The van der Waals surface area contributed by atoms with Gasteiger partial charge in [0.25, 0.3) is 0 Å². The molecule has 0 bridgehead atoms. The Morgan fingerprint density at radius 3 is 2.20 bits per heavy atom. The summed E-state index contributed by atoms with van der Waals surface area (Å²) in [5.41, 5.74) is 3.91. The number of nitrogens with zero attached hydrogens (tertiary/aromatic N) is 1. The topological polar surface area (TPSA) is 12.5 Å². The Morgan fingerprint density at radius 1 is 1.00 bits per heavy atom. The summed E-state index contributed by atoms with van der Waals surface area (Å²) in [6.45, 7) is 9.08. The molecule has 1 aliphatic rings. The van der Waals surface area contributed by atoms with Gasteiger partial charge in [0.2, 0.25) is 0 Å². The first-order valence-corrected chi connectivity index (χ1v) is 9.37. The van der Waals surface area contributed by atoms with Crippen LogP contribution in [0.4, 0.5) is 0 Å². The minimum Gasteiger partial charge on any atom is -0.365 e. The van der Waals surface area contributed by atoms with E-state index in [1.165, 1.54) is 16.7 Å². The van der Waals surface area contributed by atoms with Crippen molar-refractivity contribution in [2.45, 2.75) is 64.3 Å². The van der Waals surface area contributed by atoms with Crippen LogP contribution in [0.2, 0.25) is 0 Å². The molecule has 2 nitrogen and oxygen atoms in total. The largest absolute Gasteiger partial charge is 0.365 e. The summed E-state index contributed by atoms with van der Waals surface area (Å²) in [6, 6.07) is 19.9. The van der Waals surface area contributed by atoms with Gasteiger partial charge < -0.3 is 4.74 Å². The summed E-state index contributed by atoms with van der Waals surface area (Å²) in [4.78, 5) is 2.48. The van der Waals surface area contributed by atoms with E-state index in [2.05, 4.69) is 94.2 Å². The molecular weight excluding hydrogens is 306 g/mol. The van der Waals surface area contributed by atoms with Gasteiger partial charge in [0.15, 0.2) is 0 Å². The first kappa shape index (κ1) is 18.2. The predicted molar refractivity (Wildman–Crippen MR) is 105 cm³/mol. The third-order valence-corrected chi connectivity index (χ3v) is 5.76. The molecule has 0 amide bonds. The highest BCUT2D eigenvalue weighted by atomic mass is 16.5. The molecule has 0 aliphatic carbocycles. The Balaban J connectivity index is 1.87. The average molecular weight is 338 g/mol. The number of hydrogen-bond donors (Lipinski definition) is 0. The summed E-state index contributed by atoms with van der Waals surface area (Å²) in [6.07, 6.45) is 2.41. The maximum Gasteiger partial charge on any atom is 0.108 e. The maximum atomic E-state index is 6.73. The summed E-state index contributed by atoms with van der Waals surface area (Å²) in [5, 5.41) is 0. The summed E-state index contributed by atoms with van der Waals surface area (Å²) < 4.78 is 6.73. The number of ether oxygens (including phenoxy) is 1. The number of rotatable bonds is 4. The molecule has 2 aromatic rings.